The Bertz CT molecular complexity index is 1190. The topological polar surface area (TPSA) is 79.3 Å². The van der Waals surface area contributed by atoms with E-state index >= 15 is 0 Å². The minimum atomic E-state index is -0.302. The molecule has 3 aromatic rings. The molecule has 2 N–H and O–H groups in total. The molecule has 0 unspecified atom stereocenters. The standard InChI is InChI=1S/C28H37N5O2/c1-8-16-32(27(35)29-22-14-12-19(2)13-15-22)18-26(34)30-25-17-24(28(5,6)7)31-33(25)23-11-9-10-20(3)21(23)4/h9-15,17H,8,16,18H2,1-7H3,(H,29,35)(H,30,34). The molecule has 0 aliphatic heterocycles. The summed E-state index contributed by atoms with van der Waals surface area (Å²) in [6.45, 7) is 14.8. The fourth-order valence-corrected chi connectivity index (χ4v) is 3.70. The zero-order valence-corrected chi connectivity index (χ0v) is 21.9. The molecule has 0 saturated carbocycles. The summed E-state index contributed by atoms with van der Waals surface area (Å²) in [5, 5.41) is 10.7. The van der Waals surface area contributed by atoms with E-state index in [1.807, 2.05) is 63.2 Å². The number of nitrogens with one attached hydrogen (secondary N) is 2. The van der Waals surface area contributed by atoms with Gasteiger partial charge >= 0.3 is 6.03 Å². The molecule has 2 aromatic carbocycles. The van der Waals surface area contributed by atoms with Gasteiger partial charge in [-0.2, -0.15) is 5.10 Å². The lowest BCUT2D eigenvalue weighted by Gasteiger charge is -2.22. The summed E-state index contributed by atoms with van der Waals surface area (Å²) >= 11 is 0. The number of nitrogens with zero attached hydrogens (tertiary/aromatic N) is 3. The molecule has 0 atom stereocenters. The maximum Gasteiger partial charge on any atom is 0.322 e. The summed E-state index contributed by atoms with van der Waals surface area (Å²) in [6.07, 6.45) is 0.739. The third-order valence-corrected chi connectivity index (χ3v) is 5.97. The van der Waals surface area contributed by atoms with E-state index in [9.17, 15) is 9.59 Å². The molecular weight excluding hydrogens is 438 g/mol. The summed E-state index contributed by atoms with van der Waals surface area (Å²) in [4.78, 5) is 27.5. The Hall–Kier alpha value is -3.61. The van der Waals surface area contributed by atoms with Crippen LogP contribution in [-0.4, -0.2) is 39.7 Å². The monoisotopic (exact) mass is 475 g/mol. The number of aromatic nitrogens is 2. The quantitative estimate of drug-likeness (QED) is 0.441. The first-order chi connectivity index (χ1) is 16.5. The van der Waals surface area contributed by atoms with Gasteiger partial charge in [0.15, 0.2) is 0 Å². The number of hydrogen-bond donors (Lipinski definition) is 2. The number of carbonyl (C=O) groups is 2. The van der Waals surface area contributed by atoms with Gasteiger partial charge in [0.1, 0.15) is 12.4 Å². The molecule has 0 aliphatic carbocycles. The Morgan fingerprint density at radius 3 is 2.31 bits per heavy atom. The molecule has 7 nitrogen and oxygen atoms in total. The highest BCUT2D eigenvalue weighted by atomic mass is 16.2. The fraction of sp³-hybridized carbons (Fsp3) is 0.393. The second-order valence-corrected chi connectivity index (χ2v) is 10.1. The van der Waals surface area contributed by atoms with E-state index in [0.29, 0.717) is 18.1 Å². The lowest BCUT2D eigenvalue weighted by atomic mass is 9.92. The molecule has 186 valence electrons. The predicted octanol–water partition coefficient (Wildman–Crippen LogP) is 5.98. The number of amides is 3. The van der Waals surface area contributed by atoms with E-state index in [4.69, 9.17) is 5.10 Å². The second kappa shape index (κ2) is 10.8. The SMILES string of the molecule is CCCN(CC(=O)Nc1cc(C(C)(C)C)nn1-c1cccc(C)c1C)C(=O)Nc1ccc(C)cc1. The number of hydrogen-bond acceptors (Lipinski definition) is 3. The van der Waals surface area contributed by atoms with Crippen LogP contribution in [0.3, 0.4) is 0 Å². The molecule has 35 heavy (non-hydrogen) atoms. The summed E-state index contributed by atoms with van der Waals surface area (Å²) in [7, 11) is 0. The maximum absolute atomic E-state index is 13.1. The largest absolute Gasteiger partial charge is 0.322 e. The average molecular weight is 476 g/mol. The van der Waals surface area contributed by atoms with Crippen molar-refractivity contribution in [3.05, 3.63) is 70.9 Å². The third-order valence-electron chi connectivity index (χ3n) is 5.97. The Morgan fingerprint density at radius 2 is 1.69 bits per heavy atom. The Labute approximate surface area is 208 Å². The summed E-state index contributed by atoms with van der Waals surface area (Å²) in [6, 6.07) is 15.2. The van der Waals surface area contributed by atoms with Gasteiger partial charge in [0.05, 0.1) is 11.4 Å². The molecule has 1 heterocycles. The highest BCUT2D eigenvalue weighted by molar-refractivity contribution is 5.96. The summed E-state index contributed by atoms with van der Waals surface area (Å²) < 4.78 is 1.79. The van der Waals surface area contributed by atoms with E-state index in [1.165, 1.54) is 4.90 Å². The van der Waals surface area contributed by atoms with Gasteiger partial charge in [-0.15, -0.1) is 0 Å². The summed E-state index contributed by atoms with van der Waals surface area (Å²) in [5.74, 6) is 0.313. The van der Waals surface area contributed by atoms with Crippen LogP contribution < -0.4 is 10.6 Å². The van der Waals surface area contributed by atoms with Crippen LogP contribution >= 0.6 is 0 Å². The molecular formula is C28H37N5O2. The van der Waals surface area contributed by atoms with Crippen LogP contribution in [-0.2, 0) is 10.2 Å². The van der Waals surface area contributed by atoms with Gasteiger partial charge in [-0.1, -0.05) is 57.5 Å². The van der Waals surface area contributed by atoms with Gasteiger partial charge in [-0.05, 0) is 56.5 Å². The molecule has 7 heteroatoms. The van der Waals surface area contributed by atoms with E-state index in [0.717, 1.165) is 34.5 Å². The number of benzene rings is 2. The fourth-order valence-electron chi connectivity index (χ4n) is 3.70. The number of urea groups is 1. The predicted molar refractivity (Wildman–Crippen MR) is 142 cm³/mol. The lowest BCUT2D eigenvalue weighted by molar-refractivity contribution is -0.116. The Morgan fingerprint density at radius 1 is 1.00 bits per heavy atom. The van der Waals surface area contributed by atoms with Gasteiger partial charge in [-0.25, -0.2) is 9.48 Å². The van der Waals surface area contributed by atoms with Crippen LogP contribution in [0, 0.1) is 20.8 Å². The van der Waals surface area contributed by atoms with E-state index in [2.05, 4.69) is 44.4 Å². The normalized spacial score (nSPS) is 11.3. The molecule has 0 fully saturated rings. The first kappa shape index (κ1) is 26.0. The molecule has 3 rings (SSSR count). The maximum atomic E-state index is 13.1. The molecule has 0 bridgehead atoms. The van der Waals surface area contributed by atoms with Crippen LogP contribution in [0.25, 0.3) is 5.69 Å². The first-order valence-electron chi connectivity index (χ1n) is 12.1. The number of carbonyl (C=O) groups excluding carboxylic acids is 2. The van der Waals surface area contributed by atoms with Crippen LogP contribution in [0.2, 0.25) is 0 Å². The lowest BCUT2D eigenvalue weighted by Crippen LogP contribution is -2.41. The zero-order chi connectivity index (χ0) is 25.8. The molecule has 0 radical (unpaired) electrons. The minimum Gasteiger partial charge on any atom is -0.315 e. The first-order valence-corrected chi connectivity index (χ1v) is 12.1. The molecule has 0 spiro atoms. The van der Waals surface area contributed by atoms with Gasteiger partial charge in [0.2, 0.25) is 5.91 Å². The number of anilines is 2. The Balaban J connectivity index is 1.83. The van der Waals surface area contributed by atoms with Gasteiger partial charge < -0.3 is 15.5 Å². The van der Waals surface area contributed by atoms with Gasteiger partial charge in [0.25, 0.3) is 0 Å². The highest BCUT2D eigenvalue weighted by Gasteiger charge is 2.23. The van der Waals surface area contributed by atoms with Crippen molar-refractivity contribution in [2.45, 2.75) is 60.3 Å². The number of aryl methyl sites for hydroxylation is 2. The van der Waals surface area contributed by atoms with Crippen molar-refractivity contribution < 1.29 is 9.59 Å². The van der Waals surface area contributed by atoms with Crippen molar-refractivity contribution >= 4 is 23.4 Å². The van der Waals surface area contributed by atoms with Gasteiger partial charge in [-0.3, -0.25) is 4.79 Å². The molecule has 1 aromatic heterocycles. The molecule has 0 aliphatic rings. The van der Waals surface area contributed by atoms with Crippen LogP contribution in [0.1, 0.15) is 56.5 Å². The van der Waals surface area contributed by atoms with E-state index in [1.54, 1.807) is 4.68 Å². The van der Waals surface area contributed by atoms with Crippen LogP contribution in [0.5, 0.6) is 0 Å². The van der Waals surface area contributed by atoms with E-state index in [-0.39, 0.29) is 23.9 Å². The van der Waals surface area contributed by atoms with Crippen molar-refractivity contribution in [1.29, 1.82) is 0 Å². The second-order valence-electron chi connectivity index (χ2n) is 10.1. The minimum absolute atomic E-state index is 0.0611. The molecule has 0 saturated heterocycles. The van der Waals surface area contributed by atoms with Crippen LogP contribution in [0.4, 0.5) is 16.3 Å². The highest BCUT2D eigenvalue weighted by Crippen LogP contribution is 2.28. The zero-order valence-electron chi connectivity index (χ0n) is 21.9. The van der Waals surface area contributed by atoms with Crippen LogP contribution in [0.15, 0.2) is 48.5 Å². The van der Waals surface area contributed by atoms with Crippen molar-refractivity contribution in [1.82, 2.24) is 14.7 Å². The third kappa shape index (κ3) is 6.50. The summed E-state index contributed by atoms with van der Waals surface area (Å²) in [5.41, 5.74) is 5.65. The average Bonchev–Trinajstić information content (AvgIpc) is 3.21. The molecule has 3 amide bonds. The van der Waals surface area contributed by atoms with Gasteiger partial charge in [0, 0.05) is 23.7 Å². The van der Waals surface area contributed by atoms with Crippen molar-refractivity contribution in [2.75, 3.05) is 23.7 Å². The van der Waals surface area contributed by atoms with Crippen molar-refractivity contribution in [2.24, 2.45) is 0 Å². The number of rotatable bonds is 7. The Kier molecular flexibility index (Phi) is 7.99. The van der Waals surface area contributed by atoms with E-state index < -0.39 is 0 Å². The van der Waals surface area contributed by atoms with Crippen molar-refractivity contribution in [3.8, 4) is 5.69 Å². The smallest absolute Gasteiger partial charge is 0.315 e. The van der Waals surface area contributed by atoms with Crippen molar-refractivity contribution in [3.63, 3.8) is 0 Å².